The van der Waals surface area contributed by atoms with E-state index in [1.807, 2.05) is 19.9 Å². The Bertz CT molecular complexity index is 1020. The summed E-state index contributed by atoms with van der Waals surface area (Å²) in [6.45, 7) is 10.7. The van der Waals surface area contributed by atoms with E-state index >= 15 is 0 Å². The summed E-state index contributed by atoms with van der Waals surface area (Å²) in [7, 11) is 0. The monoisotopic (exact) mass is 449 g/mol. The third-order valence-electron chi connectivity index (χ3n) is 6.47. The van der Waals surface area contributed by atoms with Crippen molar-refractivity contribution in [2.75, 3.05) is 24.5 Å². The predicted molar refractivity (Wildman–Crippen MR) is 129 cm³/mol. The fourth-order valence-electron chi connectivity index (χ4n) is 4.61. The molecule has 0 spiro atoms. The van der Waals surface area contributed by atoms with E-state index in [0.29, 0.717) is 24.7 Å². The average molecular weight is 450 g/mol. The predicted octanol–water partition coefficient (Wildman–Crippen LogP) is 3.54. The third kappa shape index (κ3) is 5.34. The largest absolute Gasteiger partial charge is 0.354 e. The summed E-state index contributed by atoms with van der Waals surface area (Å²) >= 11 is 0. The van der Waals surface area contributed by atoms with Gasteiger partial charge in [0.05, 0.1) is 5.92 Å². The number of nitrogens with one attached hydrogen (secondary N) is 1. The van der Waals surface area contributed by atoms with Crippen LogP contribution in [0, 0.1) is 5.92 Å². The van der Waals surface area contributed by atoms with Gasteiger partial charge in [-0.1, -0.05) is 38.1 Å². The van der Waals surface area contributed by atoms with E-state index in [1.165, 1.54) is 11.1 Å². The summed E-state index contributed by atoms with van der Waals surface area (Å²) in [5.41, 5.74) is 3.94. The molecule has 3 heterocycles. The van der Waals surface area contributed by atoms with Crippen LogP contribution < -0.4 is 10.2 Å². The smallest absolute Gasteiger partial charge is 0.272 e. The molecule has 0 radical (unpaired) electrons. The Hall–Kier alpha value is -2.96. The zero-order chi connectivity index (χ0) is 23.5. The molecule has 2 aliphatic rings. The molecule has 1 N–H and O–H groups in total. The molecule has 0 aliphatic carbocycles. The van der Waals surface area contributed by atoms with Crippen molar-refractivity contribution < 1.29 is 9.59 Å². The number of piperidine rings is 1. The molecule has 0 bridgehead atoms. The van der Waals surface area contributed by atoms with Gasteiger partial charge in [-0.15, -0.1) is 0 Å². The number of fused-ring (bicyclic) bond motifs is 1. The molecule has 1 aromatic heterocycles. The lowest BCUT2D eigenvalue weighted by Crippen LogP contribution is -2.47. The molecule has 1 atom stereocenters. The molecule has 7 nitrogen and oxygen atoms in total. The number of anilines is 1. The van der Waals surface area contributed by atoms with Crippen molar-refractivity contribution >= 4 is 17.8 Å². The maximum absolute atomic E-state index is 13.5. The zero-order valence-electron chi connectivity index (χ0n) is 20.2. The summed E-state index contributed by atoms with van der Waals surface area (Å²) in [5.74, 6) is 0.543. The minimum Gasteiger partial charge on any atom is -0.354 e. The highest BCUT2D eigenvalue weighted by molar-refractivity contribution is 5.93. The van der Waals surface area contributed by atoms with Gasteiger partial charge in [0.15, 0.2) is 0 Å². The van der Waals surface area contributed by atoms with Crippen LogP contribution >= 0.6 is 0 Å². The van der Waals surface area contributed by atoms with E-state index < -0.39 is 0 Å². The molecule has 2 aliphatic heterocycles. The lowest BCUT2D eigenvalue weighted by Gasteiger charge is -2.33. The van der Waals surface area contributed by atoms with Gasteiger partial charge >= 0.3 is 0 Å². The third-order valence-corrected chi connectivity index (χ3v) is 6.47. The van der Waals surface area contributed by atoms with Crippen molar-refractivity contribution in [2.45, 2.75) is 65.5 Å². The number of likely N-dealkylation sites (tertiary alicyclic amines) is 1. The minimum absolute atomic E-state index is 0.0285. The van der Waals surface area contributed by atoms with Crippen LogP contribution in [-0.4, -0.2) is 52.4 Å². The van der Waals surface area contributed by atoms with E-state index in [-0.39, 0.29) is 29.7 Å². The minimum atomic E-state index is -0.172. The Morgan fingerprint density at radius 2 is 1.82 bits per heavy atom. The lowest BCUT2D eigenvalue weighted by molar-refractivity contribution is -0.126. The Labute approximate surface area is 196 Å². The molecule has 176 valence electrons. The first-order chi connectivity index (χ1) is 15.8. The van der Waals surface area contributed by atoms with Gasteiger partial charge in [0.25, 0.3) is 5.91 Å². The highest BCUT2D eigenvalue weighted by Gasteiger charge is 2.30. The van der Waals surface area contributed by atoms with Crippen LogP contribution in [0.4, 0.5) is 5.95 Å². The molecule has 1 aromatic carbocycles. The van der Waals surface area contributed by atoms with Crippen LogP contribution in [0.15, 0.2) is 30.3 Å². The van der Waals surface area contributed by atoms with Crippen molar-refractivity contribution in [2.24, 2.45) is 5.92 Å². The van der Waals surface area contributed by atoms with Crippen molar-refractivity contribution in [3.63, 3.8) is 0 Å². The summed E-state index contributed by atoms with van der Waals surface area (Å²) in [6.07, 6.45) is 2.56. The molecular weight excluding hydrogens is 414 g/mol. The molecule has 0 saturated carbocycles. The van der Waals surface area contributed by atoms with Gasteiger partial charge in [-0.3, -0.25) is 9.59 Å². The van der Waals surface area contributed by atoms with Gasteiger partial charge in [0.1, 0.15) is 5.69 Å². The fourth-order valence-corrected chi connectivity index (χ4v) is 4.61. The van der Waals surface area contributed by atoms with Crippen LogP contribution in [-0.2, 0) is 17.8 Å². The number of nitrogens with zero attached hydrogens (tertiary/aromatic N) is 4. The molecule has 4 rings (SSSR count). The number of aromatic nitrogens is 2. The number of amides is 2. The van der Waals surface area contributed by atoms with Gasteiger partial charge in [-0.25, -0.2) is 9.97 Å². The summed E-state index contributed by atoms with van der Waals surface area (Å²) < 4.78 is 0. The van der Waals surface area contributed by atoms with Crippen molar-refractivity contribution in [1.82, 2.24) is 20.2 Å². The number of rotatable bonds is 5. The summed E-state index contributed by atoms with van der Waals surface area (Å²) in [6, 6.07) is 10.4. The number of benzene rings is 1. The molecule has 2 amide bonds. The number of carbonyl (C=O) groups is 2. The highest BCUT2D eigenvalue weighted by Crippen LogP contribution is 2.25. The van der Waals surface area contributed by atoms with Crippen molar-refractivity contribution in [3.8, 4) is 0 Å². The fraction of sp³-hybridized carbons (Fsp3) is 0.538. The standard InChI is InChI=1S/C26H35N5O2/c1-17(2)22-14-23(25(33)30-12-7-10-21(16-30)24(32)27-18(3)4)29-26(28-22)31-13-11-19-8-5-6-9-20(19)15-31/h5-6,8-9,14,17-18,21H,7,10-13,15-16H2,1-4H3,(H,27,32). The number of hydrogen-bond donors (Lipinski definition) is 1. The van der Waals surface area contributed by atoms with Crippen LogP contribution in [0.3, 0.4) is 0 Å². The molecule has 1 saturated heterocycles. The van der Waals surface area contributed by atoms with Crippen LogP contribution in [0.2, 0.25) is 0 Å². The summed E-state index contributed by atoms with van der Waals surface area (Å²) in [4.78, 5) is 39.5. The van der Waals surface area contributed by atoms with E-state index in [4.69, 9.17) is 9.97 Å². The van der Waals surface area contributed by atoms with Gasteiger partial charge in [0.2, 0.25) is 11.9 Å². The zero-order valence-corrected chi connectivity index (χ0v) is 20.2. The maximum Gasteiger partial charge on any atom is 0.272 e. The SMILES string of the molecule is CC(C)NC(=O)C1CCCN(C(=O)c2cc(C(C)C)nc(N3CCc4ccccc4C3)n2)C1. The van der Waals surface area contributed by atoms with Crippen LogP contribution in [0.25, 0.3) is 0 Å². The normalized spacial score (nSPS) is 18.4. The molecular formula is C26H35N5O2. The molecule has 1 fully saturated rings. The molecule has 7 heteroatoms. The van der Waals surface area contributed by atoms with Crippen LogP contribution in [0.1, 0.15) is 73.8 Å². The Morgan fingerprint density at radius 3 is 2.55 bits per heavy atom. The van der Waals surface area contributed by atoms with Gasteiger partial charge in [-0.05, 0) is 56.2 Å². The average Bonchev–Trinajstić information content (AvgIpc) is 2.82. The Kier molecular flexibility index (Phi) is 6.96. The van der Waals surface area contributed by atoms with Gasteiger partial charge in [0, 0.05) is 37.9 Å². The van der Waals surface area contributed by atoms with Crippen molar-refractivity contribution in [3.05, 3.63) is 52.8 Å². The highest BCUT2D eigenvalue weighted by atomic mass is 16.2. The Balaban J connectivity index is 1.57. The first-order valence-corrected chi connectivity index (χ1v) is 12.1. The van der Waals surface area contributed by atoms with Gasteiger partial charge in [-0.2, -0.15) is 0 Å². The van der Waals surface area contributed by atoms with Crippen LogP contribution in [0.5, 0.6) is 0 Å². The molecule has 1 unspecified atom stereocenters. The quantitative estimate of drug-likeness (QED) is 0.755. The molecule has 2 aromatic rings. The van der Waals surface area contributed by atoms with E-state index in [0.717, 1.165) is 38.0 Å². The van der Waals surface area contributed by atoms with E-state index in [9.17, 15) is 9.59 Å². The second-order valence-corrected chi connectivity index (χ2v) is 9.83. The van der Waals surface area contributed by atoms with Gasteiger partial charge < -0.3 is 15.1 Å². The van der Waals surface area contributed by atoms with Crippen molar-refractivity contribution in [1.29, 1.82) is 0 Å². The number of hydrogen-bond acceptors (Lipinski definition) is 5. The van der Waals surface area contributed by atoms with E-state index in [1.54, 1.807) is 4.90 Å². The Morgan fingerprint density at radius 1 is 1.06 bits per heavy atom. The van der Waals surface area contributed by atoms with E-state index in [2.05, 4.69) is 48.3 Å². The first-order valence-electron chi connectivity index (χ1n) is 12.1. The topological polar surface area (TPSA) is 78.4 Å². The summed E-state index contributed by atoms with van der Waals surface area (Å²) in [5, 5.41) is 2.99. The first kappa shape index (κ1) is 23.2. The molecule has 33 heavy (non-hydrogen) atoms. The number of carbonyl (C=O) groups excluding carboxylic acids is 2. The lowest BCUT2D eigenvalue weighted by atomic mass is 9.96. The maximum atomic E-state index is 13.5. The second-order valence-electron chi connectivity index (χ2n) is 9.83. The second kappa shape index (κ2) is 9.89.